The number of aromatic nitrogens is 4. The fourth-order valence-electron chi connectivity index (χ4n) is 7.61. The second kappa shape index (κ2) is 13.4. The van der Waals surface area contributed by atoms with E-state index in [1.165, 1.54) is 25.6 Å². The van der Waals surface area contributed by atoms with Crippen molar-refractivity contribution in [2.45, 2.75) is 63.1 Å². The van der Waals surface area contributed by atoms with Crippen LogP contribution >= 0.6 is 0 Å². The summed E-state index contributed by atoms with van der Waals surface area (Å²) in [5.74, 6) is -0.614. The van der Waals surface area contributed by atoms with Crippen LogP contribution in [0.15, 0.2) is 48.9 Å². The fourth-order valence-corrected chi connectivity index (χ4v) is 7.61. The average Bonchev–Trinajstić information content (AvgIpc) is 3.45. The van der Waals surface area contributed by atoms with Gasteiger partial charge in [0.2, 0.25) is 5.95 Å². The van der Waals surface area contributed by atoms with Crippen LogP contribution in [0.3, 0.4) is 0 Å². The van der Waals surface area contributed by atoms with Gasteiger partial charge in [-0.2, -0.15) is 0 Å². The Hall–Kier alpha value is -4.13. The molecule has 48 heavy (non-hydrogen) atoms. The molecule has 0 spiro atoms. The molecule has 1 amide bonds. The maximum Gasteiger partial charge on any atom is 0.261 e. The Bertz CT molecular complexity index is 1770. The first-order valence-electron chi connectivity index (χ1n) is 17.1. The topological polar surface area (TPSA) is 112 Å². The highest BCUT2D eigenvalue weighted by Crippen LogP contribution is 2.39. The first-order chi connectivity index (χ1) is 23.2. The number of aliphatic hydroxyl groups is 1. The first-order valence-corrected chi connectivity index (χ1v) is 17.1. The number of hydrogen-bond donors (Lipinski definition) is 2. The first kappa shape index (κ1) is 32.4. The summed E-state index contributed by atoms with van der Waals surface area (Å²) < 4.78 is 23.4. The Balaban J connectivity index is 1.16. The number of amides is 1. The van der Waals surface area contributed by atoms with Crippen molar-refractivity contribution >= 4 is 28.6 Å². The Morgan fingerprint density at radius 1 is 1.00 bits per heavy atom. The summed E-state index contributed by atoms with van der Waals surface area (Å²) in [6, 6.07) is 9.98. The van der Waals surface area contributed by atoms with Crippen LogP contribution in [-0.4, -0.2) is 105 Å². The molecule has 254 valence electrons. The molecule has 0 radical (unpaired) electrons. The number of piperazine rings is 1. The quantitative estimate of drug-likeness (QED) is 0.285. The number of carbonyl (C=O) groups is 1. The number of halogens is 1. The number of methoxy groups -OCH3 is 1. The number of anilines is 2. The maximum absolute atomic E-state index is 15.9. The van der Waals surface area contributed by atoms with Crippen molar-refractivity contribution < 1.29 is 19.0 Å². The van der Waals surface area contributed by atoms with Crippen LogP contribution in [0.4, 0.5) is 16.0 Å². The molecule has 1 saturated carbocycles. The van der Waals surface area contributed by atoms with Crippen LogP contribution in [0.25, 0.3) is 22.3 Å². The van der Waals surface area contributed by atoms with Crippen molar-refractivity contribution in [2.24, 2.45) is 0 Å². The third-order valence-corrected chi connectivity index (χ3v) is 10.6. The molecule has 0 atom stereocenters. The van der Waals surface area contributed by atoms with Crippen molar-refractivity contribution in [2.75, 3.05) is 63.6 Å². The number of nitrogens with zero attached hydrogens (tertiary/aromatic N) is 7. The molecule has 0 unspecified atom stereocenters. The highest BCUT2D eigenvalue weighted by atomic mass is 19.1. The van der Waals surface area contributed by atoms with Crippen LogP contribution in [0, 0.1) is 5.82 Å². The molecular formula is C36H45FN8O3. The van der Waals surface area contributed by atoms with E-state index in [2.05, 4.69) is 59.8 Å². The van der Waals surface area contributed by atoms with Gasteiger partial charge in [0.1, 0.15) is 11.4 Å². The molecule has 7 rings (SSSR count). The number of nitrogens with one attached hydrogen (secondary N) is 1. The van der Waals surface area contributed by atoms with Crippen LogP contribution in [0.5, 0.6) is 5.75 Å². The summed E-state index contributed by atoms with van der Waals surface area (Å²) in [6.07, 6.45) is 9.43. The summed E-state index contributed by atoms with van der Waals surface area (Å²) in [7, 11) is 3.69. The highest BCUT2D eigenvalue weighted by Gasteiger charge is 2.33. The molecule has 11 nitrogen and oxygen atoms in total. The standard InChI is InChI=1S/C36H45FN8O3/c1-36(47)12-6-25(7-13-36)45-30-5-4-26(43-16-10-24(11-17-43)44-20-18-42(2)19-21-44)22-29(30)40-35(45)41-34(46)27-8-15-39-33(32(27)37)28-23-38-14-9-31(28)48-3/h4-5,8-9,14-15,22-25,47H,6-7,10-13,16-21H2,1-3H3,(H,40,41,46)/t25-,36+. The van der Waals surface area contributed by atoms with E-state index in [-0.39, 0.29) is 17.3 Å². The smallest absolute Gasteiger partial charge is 0.261 e. The lowest BCUT2D eigenvalue weighted by Crippen LogP contribution is -2.52. The van der Waals surface area contributed by atoms with E-state index in [1.807, 2.05) is 6.92 Å². The average molecular weight is 657 g/mol. The molecule has 5 heterocycles. The fraction of sp³-hybridized carbons (Fsp3) is 0.500. The molecule has 1 aromatic carbocycles. The van der Waals surface area contributed by atoms with E-state index < -0.39 is 17.3 Å². The third kappa shape index (κ3) is 6.48. The molecule has 3 aromatic heterocycles. The normalized spacial score (nSPS) is 23.0. The molecule has 0 bridgehead atoms. The van der Waals surface area contributed by atoms with Gasteiger partial charge in [-0.1, -0.05) is 0 Å². The maximum atomic E-state index is 15.9. The summed E-state index contributed by atoms with van der Waals surface area (Å²) >= 11 is 0. The van der Waals surface area contributed by atoms with Gasteiger partial charge in [0, 0.05) is 75.6 Å². The predicted octanol–water partition coefficient (Wildman–Crippen LogP) is 4.98. The van der Waals surface area contributed by atoms with E-state index in [4.69, 9.17) is 9.72 Å². The molecule has 4 aromatic rings. The van der Waals surface area contributed by atoms with Gasteiger partial charge < -0.3 is 24.2 Å². The number of pyridine rings is 2. The molecule has 3 aliphatic rings. The largest absolute Gasteiger partial charge is 0.496 e. The third-order valence-electron chi connectivity index (χ3n) is 10.6. The van der Waals surface area contributed by atoms with E-state index >= 15 is 4.39 Å². The van der Waals surface area contributed by atoms with Crippen LogP contribution in [0.2, 0.25) is 0 Å². The van der Waals surface area contributed by atoms with Gasteiger partial charge in [0.15, 0.2) is 5.82 Å². The van der Waals surface area contributed by atoms with Crippen molar-refractivity contribution in [1.82, 2.24) is 29.3 Å². The SMILES string of the molecule is COc1ccncc1-c1nccc(C(=O)Nc2nc3cc(N4CCC(N5CCN(C)CC5)CC4)ccc3n2[C@H]2CC[C@@](C)(O)CC2)c1F. The monoisotopic (exact) mass is 656 g/mol. The number of likely N-dealkylation sites (N-methyl/N-ethyl adjacent to an activating group) is 1. The second-order valence-electron chi connectivity index (χ2n) is 13.8. The number of carbonyl (C=O) groups excluding carboxylic acids is 1. The zero-order valence-corrected chi connectivity index (χ0v) is 28.0. The van der Waals surface area contributed by atoms with Crippen LogP contribution in [-0.2, 0) is 0 Å². The number of benzene rings is 1. The number of piperidine rings is 1. The summed E-state index contributed by atoms with van der Waals surface area (Å²) in [5, 5.41) is 13.6. The minimum absolute atomic E-state index is 0.0170. The number of fused-ring (bicyclic) bond motifs is 1. The number of rotatable bonds is 7. The Morgan fingerprint density at radius 2 is 1.75 bits per heavy atom. The number of imidazole rings is 1. The van der Waals surface area contributed by atoms with Crippen LogP contribution in [0.1, 0.15) is 61.8 Å². The summed E-state index contributed by atoms with van der Waals surface area (Å²) in [5.41, 5.74) is 2.26. The summed E-state index contributed by atoms with van der Waals surface area (Å²) in [4.78, 5) is 34.5. The number of hydrogen-bond acceptors (Lipinski definition) is 9. The van der Waals surface area contributed by atoms with Gasteiger partial charge in [-0.15, -0.1) is 0 Å². The molecule has 2 aliphatic heterocycles. The predicted molar refractivity (Wildman–Crippen MR) is 184 cm³/mol. The van der Waals surface area contributed by atoms with Crippen molar-refractivity contribution in [3.63, 3.8) is 0 Å². The summed E-state index contributed by atoms with van der Waals surface area (Å²) in [6.45, 7) is 8.37. The Kier molecular flexibility index (Phi) is 9.06. The van der Waals surface area contributed by atoms with Gasteiger partial charge in [0.25, 0.3) is 5.91 Å². The zero-order chi connectivity index (χ0) is 33.4. The van der Waals surface area contributed by atoms with Crippen molar-refractivity contribution in [3.05, 3.63) is 60.3 Å². The molecular weight excluding hydrogens is 611 g/mol. The molecule has 3 fully saturated rings. The van der Waals surface area contributed by atoms with E-state index in [1.54, 1.807) is 12.3 Å². The van der Waals surface area contributed by atoms with E-state index in [0.717, 1.165) is 81.7 Å². The lowest BCUT2D eigenvalue weighted by atomic mass is 9.83. The van der Waals surface area contributed by atoms with Gasteiger partial charge in [0.05, 0.1) is 34.9 Å². The molecule has 2 N–H and O–H groups in total. The minimum Gasteiger partial charge on any atom is -0.496 e. The molecule has 2 saturated heterocycles. The van der Waals surface area contributed by atoms with Gasteiger partial charge in [-0.3, -0.25) is 25.0 Å². The van der Waals surface area contributed by atoms with E-state index in [9.17, 15) is 9.90 Å². The Morgan fingerprint density at radius 3 is 2.48 bits per heavy atom. The second-order valence-corrected chi connectivity index (χ2v) is 13.8. The van der Waals surface area contributed by atoms with Gasteiger partial charge >= 0.3 is 0 Å². The lowest BCUT2D eigenvalue weighted by molar-refractivity contribution is 0.0106. The van der Waals surface area contributed by atoms with Crippen LogP contribution < -0.4 is 15.0 Å². The van der Waals surface area contributed by atoms with E-state index in [0.29, 0.717) is 36.1 Å². The zero-order valence-electron chi connectivity index (χ0n) is 28.0. The van der Waals surface area contributed by atoms with Gasteiger partial charge in [-0.05, 0) is 82.8 Å². The Labute approximate surface area is 280 Å². The van der Waals surface area contributed by atoms with Gasteiger partial charge in [-0.25, -0.2) is 9.37 Å². The highest BCUT2D eigenvalue weighted by molar-refractivity contribution is 6.05. The lowest BCUT2D eigenvalue weighted by Gasteiger charge is -2.42. The molecule has 1 aliphatic carbocycles. The minimum atomic E-state index is -0.764. The molecule has 12 heteroatoms. The van der Waals surface area contributed by atoms with Crippen molar-refractivity contribution in [1.29, 1.82) is 0 Å². The number of ether oxygens (including phenoxy) is 1. The van der Waals surface area contributed by atoms with Crippen molar-refractivity contribution in [3.8, 4) is 17.0 Å².